The van der Waals surface area contributed by atoms with Crippen LogP contribution in [-0.2, 0) is 12.8 Å². The molecule has 0 unspecified atom stereocenters. The second-order valence-electron chi connectivity index (χ2n) is 6.28. The summed E-state index contributed by atoms with van der Waals surface area (Å²) in [7, 11) is 0. The number of nitrogens with zero attached hydrogens (tertiary/aromatic N) is 2. The van der Waals surface area contributed by atoms with E-state index in [9.17, 15) is 9.50 Å². The Hall–Kier alpha value is -1.70. The van der Waals surface area contributed by atoms with E-state index in [1.807, 2.05) is 0 Å². The van der Waals surface area contributed by atoms with Gasteiger partial charge in [-0.3, -0.25) is 0 Å². The second kappa shape index (κ2) is 7.90. The first-order chi connectivity index (χ1) is 12.7. The third-order valence-electron chi connectivity index (χ3n) is 4.40. The van der Waals surface area contributed by atoms with Crippen molar-refractivity contribution in [2.24, 2.45) is 0 Å². The number of para-hydroxylation sites is 1. The van der Waals surface area contributed by atoms with Crippen LogP contribution in [0.5, 0.6) is 5.75 Å². The van der Waals surface area contributed by atoms with Gasteiger partial charge in [0.05, 0.1) is 6.10 Å². The first-order valence-electron chi connectivity index (χ1n) is 8.66. The molecule has 2 aromatic heterocycles. The summed E-state index contributed by atoms with van der Waals surface area (Å²) < 4.78 is 18.9. The van der Waals surface area contributed by atoms with Crippen molar-refractivity contribution in [3.05, 3.63) is 46.9 Å². The molecule has 26 heavy (non-hydrogen) atoms. The third kappa shape index (κ3) is 3.70. The predicted molar refractivity (Wildman–Crippen MR) is 103 cm³/mol. The van der Waals surface area contributed by atoms with E-state index in [0.717, 1.165) is 28.1 Å². The van der Waals surface area contributed by atoms with Crippen LogP contribution in [0.3, 0.4) is 0 Å². The molecule has 1 aromatic carbocycles. The van der Waals surface area contributed by atoms with Gasteiger partial charge in [0.15, 0.2) is 11.6 Å². The van der Waals surface area contributed by atoms with Gasteiger partial charge in [0.2, 0.25) is 0 Å². The molecule has 1 atom stereocenters. The van der Waals surface area contributed by atoms with Crippen molar-refractivity contribution in [1.29, 1.82) is 0 Å². The SMILES string of the molecule is O[C@@H](COc1ccccc1F)CSc1ncnc2sc3c(c12)CCCC3. The Bertz CT molecular complexity index is 916. The number of aryl methyl sites for hydroxylation is 2. The molecule has 0 amide bonds. The van der Waals surface area contributed by atoms with Gasteiger partial charge < -0.3 is 9.84 Å². The fourth-order valence-electron chi connectivity index (χ4n) is 3.14. The van der Waals surface area contributed by atoms with E-state index < -0.39 is 11.9 Å². The number of ether oxygens (including phenoxy) is 1. The summed E-state index contributed by atoms with van der Waals surface area (Å²) in [6, 6.07) is 6.21. The first-order valence-corrected chi connectivity index (χ1v) is 10.5. The number of thioether (sulfide) groups is 1. The van der Waals surface area contributed by atoms with Crippen LogP contribution in [0, 0.1) is 5.82 Å². The van der Waals surface area contributed by atoms with Crippen LogP contribution in [-0.4, -0.2) is 33.5 Å². The number of aliphatic hydroxyl groups excluding tert-OH is 1. The normalized spacial score (nSPS) is 15.0. The molecule has 1 N–H and O–H groups in total. The Balaban J connectivity index is 1.43. The van der Waals surface area contributed by atoms with Crippen molar-refractivity contribution in [2.45, 2.75) is 36.8 Å². The fourth-order valence-corrected chi connectivity index (χ4v) is 5.37. The van der Waals surface area contributed by atoms with Gasteiger partial charge >= 0.3 is 0 Å². The van der Waals surface area contributed by atoms with Gasteiger partial charge in [-0.25, -0.2) is 14.4 Å². The number of aliphatic hydroxyl groups is 1. The molecule has 3 aromatic rings. The molecule has 1 aliphatic carbocycles. The monoisotopic (exact) mass is 390 g/mol. The number of halogens is 1. The molecular weight excluding hydrogens is 371 g/mol. The topological polar surface area (TPSA) is 55.2 Å². The van der Waals surface area contributed by atoms with Crippen molar-refractivity contribution in [2.75, 3.05) is 12.4 Å². The Labute approximate surface area is 159 Å². The molecule has 4 rings (SSSR count). The van der Waals surface area contributed by atoms with E-state index in [1.54, 1.807) is 35.9 Å². The van der Waals surface area contributed by atoms with Crippen LogP contribution in [0.15, 0.2) is 35.6 Å². The molecule has 0 radical (unpaired) electrons. The maximum Gasteiger partial charge on any atom is 0.165 e. The van der Waals surface area contributed by atoms with Gasteiger partial charge in [0.1, 0.15) is 22.8 Å². The van der Waals surface area contributed by atoms with Crippen LogP contribution in [0.25, 0.3) is 10.2 Å². The lowest BCUT2D eigenvalue weighted by Crippen LogP contribution is -2.20. The molecule has 0 aliphatic heterocycles. The fraction of sp³-hybridized carbons (Fsp3) is 0.368. The molecule has 0 bridgehead atoms. The minimum Gasteiger partial charge on any atom is -0.488 e. The van der Waals surface area contributed by atoms with Crippen LogP contribution in [0.1, 0.15) is 23.3 Å². The maximum atomic E-state index is 13.6. The van der Waals surface area contributed by atoms with Gasteiger partial charge in [0.25, 0.3) is 0 Å². The quantitative estimate of drug-likeness (QED) is 0.504. The average Bonchev–Trinajstić information content (AvgIpc) is 3.05. The Morgan fingerprint density at radius 1 is 1.23 bits per heavy atom. The van der Waals surface area contributed by atoms with Gasteiger partial charge in [0, 0.05) is 16.0 Å². The highest BCUT2D eigenvalue weighted by atomic mass is 32.2. The van der Waals surface area contributed by atoms with Gasteiger partial charge in [-0.05, 0) is 43.4 Å². The molecule has 0 spiro atoms. The van der Waals surface area contributed by atoms with Crippen LogP contribution < -0.4 is 4.74 Å². The molecule has 0 saturated carbocycles. The number of rotatable bonds is 6. The molecule has 0 saturated heterocycles. The molecule has 0 fully saturated rings. The van der Waals surface area contributed by atoms with Crippen molar-refractivity contribution in [1.82, 2.24) is 9.97 Å². The largest absolute Gasteiger partial charge is 0.488 e. The van der Waals surface area contributed by atoms with Gasteiger partial charge in [-0.1, -0.05) is 12.1 Å². The van der Waals surface area contributed by atoms with Crippen molar-refractivity contribution in [3.63, 3.8) is 0 Å². The summed E-state index contributed by atoms with van der Waals surface area (Å²) >= 11 is 3.27. The minimum absolute atomic E-state index is 0.0455. The minimum atomic E-state index is -0.709. The molecule has 136 valence electrons. The highest BCUT2D eigenvalue weighted by Gasteiger charge is 2.20. The summed E-state index contributed by atoms with van der Waals surface area (Å²) in [6.07, 6.45) is 5.53. The Morgan fingerprint density at radius 2 is 2.08 bits per heavy atom. The first kappa shape index (κ1) is 17.7. The summed E-state index contributed by atoms with van der Waals surface area (Å²) in [5.74, 6) is 0.174. The van der Waals surface area contributed by atoms with E-state index in [2.05, 4.69) is 9.97 Å². The summed E-state index contributed by atoms with van der Waals surface area (Å²) in [4.78, 5) is 11.3. The van der Waals surface area contributed by atoms with E-state index in [1.165, 1.54) is 41.1 Å². The lowest BCUT2D eigenvalue weighted by molar-refractivity contribution is 0.123. The number of fused-ring (bicyclic) bond motifs is 3. The second-order valence-corrected chi connectivity index (χ2v) is 8.37. The van der Waals surface area contributed by atoms with E-state index in [-0.39, 0.29) is 12.4 Å². The molecule has 7 heteroatoms. The summed E-state index contributed by atoms with van der Waals surface area (Å²) in [5, 5.41) is 12.3. The van der Waals surface area contributed by atoms with Gasteiger partial charge in [-0.15, -0.1) is 23.1 Å². The lowest BCUT2D eigenvalue weighted by atomic mass is 9.97. The van der Waals surface area contributed by atoms with Gasteiger partial charge in [-0.2, -0.15) is 0 Å². The Morgan fingerprint density at radius 3 is 2.96 bits per heavy atom. The summed E-state index contributed by atoms with van der Waals surface area (Å²) in [6.45, 7) is 0.0455. The Kier molecular flexibility index (Phi) is 5.38. The number of thiophene rings is 1. The number of hydrogen-bond acceptors (Lipinski definition) is 6. The van der Waals surface area contributed by atoms with Crippen LogP contribution in [0.2, 0.25) is 0 Å². The van der Waals surface area contributed by atoms with E-state index >= 15 is 0 Å². The molecule has 4 nitrogen and oxygen atoms in total. The lowest BCUT2D eigenvalue weighted by Gasteiger charge is -2.14. The molecule has 1 aliphatic rings. The standard InChI is InChI=1S/C19H19FN2O2S2/c20-14-6-2-3-7-15(14)24-9-12(23)10-25-18-17-13-5-1-4-8-16(13)26-19(17)22-11-21-18/h2-3,6-7,11-12,23H,1,4-5,8-10H2/t12-/m0/s1. The zero-order chi connectivity index (χ0) is 17.9. The summed E-state index contributed by atoms with van der Waals surface area (Å²) in [5.41, 5.74) is 1.39. The van der Waals surface area contributed by atoms with Crippen LogP contribution in [0.4, 0.5) is 4.39 Å². The van der Waals surface area contributed by atoms with E-state index in [4.69, 9.17) is 4.74 Å². The zero-order valence-electron chi connectivity index (χ0n) is 14.2. The number of benzene rings is 1. The van der Waals surface area contributed by atoms with Crippen LogP contribution >= 0.6 is 23.1 Å². The highest BCUT2D eigenvalue weighted by molar-refractivity contribution is 7.99. The zero-order valence-corrected chi connectivity index (χ0v) is 15.8. The average molecular weight is 391 g/mol. The molecular formula is C19H19FN2O2S2. The third-order valence-corrected chi connectivity index (χ3v) is 6.73. The van der Waals surface area contributed by atoms with Crippen molar-refractivity contribution in [3.8, 4) is 5.75 Å². The van der Waals surface area contributed by atoms with Crippen molar-refractivity contribution >= 4 is 33.3 Å². The maximum absolute atomic E-state index is 13.6. The predicted octanol–water partition coefficient (Wildman–Crippen LogP) is 4.24. The smallest absolute Gasteiger partial charge is 0.165 e. The van der Waals surface area contributed by atoms with Crippen molar-refractivity contribution < 1.29 is 14.2 Å². The number of hydrogen-bond donors (Lipinski definition) is 1. The van der Waals surface area contributed by atoms with E-state index in [0.29, 0.717) is 5.75 Å². The molecule has 2 heterocycles. The number of aromatic nitrogens is 2. The highest BCUT2D eigenvalue weighted by Crippen LogP contribution is 2.39.